The second-order valence-corrected chi connectivity index (χ2v) is 17.2. The Morgan fingerprint density at radius 3 is 2.53 bits per heavy atom. The van der Waals surface area contributed by atoms with E-state index >= 15 is 0 Å². The molecular formula is C44H54F2N10O6. The molecule has 3 saturated heterocycles. The number of alkyl halides is 2. The van der Waals surface area contributed by atoms with Gasteiger partial charge in [0, 0.05) is 77.2 Å². The first kappa shape index (κ1) is 42.0. The number of likely N-dealkylation sites (tertiary alicyclic amines) is 1. The quantitative estimate of drug-likeness (QED) is 0.0944. The molecule has 0 radical (unpaired) electrons. The van der Waals surface area contributed by atoms with Crippen molar-refractivity contribution in [1.29, 1.82) is 0 Å². The predicted octanol–water partition coefficient (Wildman–Crippen LogP) is 4.60. The first-order chi connectivity index (χ1) is 30.1. The SMILES string of the molecule is Cn1c(=O)n(C2CCC(=O)NC2=O)c2cccc(CCCOC3CCN(CC4CCC(n5cc(CC(=O)c6cnn7ccc(N8CCOCC8)nc67)c(C(F)F)n5)CC4)CC3)c21. The van der Waals surface area contributed by atoms with Crippen molar-refractivity contribution in [2.24, 2.45) is 13.0 Å². The van der Waals surface area contributed by atoms with Crippen LogP contribution in [-0.2, 0) is 39.0 Å². The zero-order valence-corrected chi connectivity index (χ0v) is 35.1. The monoisotopic (exact) mass is 856 g/mol. The van der Waals surface area contributed by atoms with Crippen molar-refractivity contribution < 1.29 is 32.6 Å². The van der Waals surface area contributed by atoms with Crippen LogP contribution in [0.25, 0.3) is 16.7 Å². The Labute approximate surface area is 357 Å². The van der Waals surface area contributed by atoms with Crippen LogP contribution < -0.4 is 15.9 Å². The highest BCUT2D eigenvalue weighted by Gasteiger charge is 2.33. The second-order valence-electron chi connectivity index (χ2n) is 17.2. The molecule has 3 aliphatic heterocycles. The zero-order valence-electron chi connectivity index (χ0n) is 35.1. The van der Waals surface area contributed by atoms with Gasteiger partial charge in [-0.05, 0) is 81.4 Å². The summed E-state index contributed by atoms with van der Waals surface area (Å²) in [6, 6.07) is 6.93. The molecule has 5 aromatic rings. The number of carbonyl (C=O) groups excluding carboxylic acids is 3. The van der Waals surface area contributed by atoms with Crippen LogP contribution >= 0.6 is 0 Å². The Morgan fingerprint density at radius 1 is 0.984 bits per heavy atom. The number of imidazole rings is 1. The molecule has 1 N–H and O–H groups in total. The molecule has 1 aliphatic carbocycles. The molecule has 1 unspecified atom stereocenters. The molecule has 9 rings (SSSR count). The number of Topliss-reactive ketones (excluding diaryl/α,β-unsaturated/α-hetero) is 1. The van der Waals surface area contributed by atoms with Crippen molar-refractivity contribution in [3.05, 3.63) is 75.7 Å². The number of aryl methyl sites for hydroxylation is 2. The summed E-state index contributed by atoms with van der Waals surface area (Å²) >= 11 is 0. The first-order valence-electron chi connectivity index (χ1n) is 22.0. The van der Waals surface area contributed by atoms with Gasteiger partial charge < -0.3 is 19.3 Å². The van der Waals surface area contributed by atoms with Crippen LogP contribution in [0.2, 0.25) is 0 Å². The molecule has 16 nitrogen and oxygen atoms in total. The van der Waals surface area contributed by atoms with Gasteiger partial charge in [-0.1, -0.05) is 12.1 Å². The number of hydrogen-bond donors (Lipinski definition) is 1. The molecule has 4 fully saturated rings. The highest BCUT2D eigenvalue weighted by atomic mass is 19.3. The predicted molar refractivity (Wildman–Crippen MR) is 225 cm³/mol. The summed E-state index contributed by atoms with van der Waals surface area (Å²) in [4.78, 5) is 60.5. The average molecular weight is 857 g/mol. The largest absolute Gasteiger partial charge is 0.378 e. The highest BCUT2D eigenvalue weighted by Crippen LogP contribution is 2.35. The van der Waals surface area contributed by atoms with Gasteiger partial charge in [-0.15, -0.1) is 0 Å². The minimum absolute atomic E-state index is 0.00330. The molecule has 0 spiro atoms. The van der Waals surface area contributed by atoms with Gasteiger partial charge in [0.05, 0.1) is 48.2 Å². The second kappa shape index (κ2) is 18.2. The summed E-state index contributed by atoms with van der Waals surface area (Å²) in [5.74, 6) is 0.163. The molecule has 2 amide bonds. The van der Waals surface area contributed by atoms with Crippen molar-refractivity contribution in [3.63, 3.8) is 0 Å². The number of hydrogen-bond acceptors (Lipinski definition) is 11. The van der Waals surface area contributed by atoms with E-state index in [4.69, 9.17) is 14.5 Å². The van der Waals surface area contributed by atoms with Gasteiger partial charge in [-0.2, -0.15) is 10.2 Å². The summed E-state index contributed by atoms with van der Waals surface area (Å²) in [5, 5.41) is 11.0. The number of imide groups is 1. The van der Waals surface area contributed by atoms with E-state index < -0.39 is 18.4 Å². The van der Waals surface area contributed by atoms with Crippen molar-refractivity contribution in [3.8, 4) is 0 Å². The summed E-state index contributed by atoms with van der Waals surface area (Å²) in [6.07, 6.45) is 9.64. The van der Waals surface area contributed by atoms with Crippen molar-refractivity contribution in [2.45, 2.75) is 95.2 Å². The highest BCUT2D eigenvalue weighted by molar-refractivity contribution is 6.02. The maximum Gasteiger partial charge on any atom is 0.329 e. The van der Waals surface area contributed by atoms with E-state index in [9.17, 15) is 28.0 Å². The number of benzene rings is 1. The van der Waals surface area contributed by atoms with E-state index in [0.717, 1.165) is 87.9 Å². The first-order valence-corrected chi connectivity index (χ1v) is 22.0. The van der Waals surface area contributed by atoms with E-state index in [0.29, 0.717) is 62.0 Å². The fourth-order valence-electron chi connectivity index (χ4n) is 9.92. The minimum atomic E-state index is -2.80. The average Bonchev–Trinajstić information content (AvgIpc) is 3.98. The number of amides is 2. The molecule has 4 aliphatic rings. The number of ketones is 1. The van der Waals surface area contributed by atoms with E-state index in [2.05, 4.69) is 25.3 Å². The molecule has 7 heterocycles. The van der Waals surface area contributed by atoms with Gasteiger partial charge >= 0.3 is 5.69 Å². The lowest BCUT2D eigenvalue weighted by Gasteiger charge is -2.36. The number of carbonyl (C=O) groups is 3. The van der Waals surface area contributed by atoms with Gasteiger partial charge in [-0.3, -0.25) is 33.5 Å². The van der Waals surface area contributed by atoms with Gasteiger partial charge in [0.1, 0.15) is 17.6 Å². The van der Waals surface area contributed by atoms with Crippen LogP contribution in [0.3, 0.4) is 0 Å². The standard InChI is InChI=1S/C44H54F2N10O6/c1-51-40-29(4-2-6-34(40)56(44(51)60)35-11-12-38(58)49-43(35)59)5-3-21-62-32-13-16-52(17-14-32)26-28-7-9-31(10-8-28)55-27-30(39(50-55)41(45)46)24-36(57)33-25-47-54-18-15-37(48-42(33)54)53-19-22-61-23-20-53/h2,4,6,15,18,25,27-28,31-32,35,41H,3,5,7-14,16-17,19-24,26H2,1H3,(H,49,58,59). The minimum Gasteiger partial charge on any atom is -0.378 e. The Bertz CT molecular complexity index is 2490. The topological polar surface area (TPSA) is 163 Å². The van der Waals surface area contributed by atoms with E-state index in [1.165, 1.54) is 15.3 Å². The maximum absolute atomic E-state index is 14.3. The van der Waals surface area contributed by atoms with E-state index in [-0.39, 0.29) is 53.6 Å². The van der Waals surface area contributed by atoms with Crippen LogP contribution in [-0.4, -0.2) is 115 Å². The number of piperidine rings is 2. The number of anilines is 1. The smallest absolute Gasteiger partial charge is 0.329 e. The summed E-state index contributed by atoms with van der Waals surface area (Å²) in [7, 11) is 1.73. The fourth-order valence-corrected chi connectivity index (χ4v) is 9.92. The van der Waals surface area contributed by atoms with Crippen LogP contribution in [0.4, 0.5) is 14.6 Å². The molecular weight excluding hydrogens is 803 g/mol. The maximum atomic E-state index is 14.3. The van der Waals surface area contributed by atoms with Crippen LogP contribution in [0, 0.1) is 5.92 Å². The third-order valence-corrected chi connectivity index (χ3v) is 13.3. The number of nitrogens with zero attached hydrogens (tertiary/aromatic N) is 9. The third-order valence-electron chi connectivity index (χ3n) is 13.3. The van der Waals surface area contributed by atoms with Gasteiger partial charge in [-0.25, -0.2) is 23.1 Å². The Hall–Kier alpha value is -5.33. The number of nitrogens with one attached hydrogen (secondary N) is 1. The molecule has 18 heteroatoms. The number of rotatable bonds is 14. The lowest BCUT2D eigenvalue weighted by molar-refractivity contribution is -0.135. The molecule has 1 saturated carbocycles. The summed E-state index contributed by atoms with van der Waals surface area (Å²) < 4.78 is 46.7. The van der Waals surface area contributed by atoms with Gasteiger partial charge in [0.25, 0.3) is 6.43 Å². The lowest BCUT2D eigenvalue weighted by atomic mass is 9.85. The Balaban J connectivity index is 0.729. The van der Waals surface area contributed by atoms with Crippen molar-refractivity contribution in [2.75, 3.05) is 57.4 Å². The number of ether oxygens (including phenoxy) is 2. The van der Waals surface area contributed by atoms with Crippen LogP contribution in [0.1, 0.15) is 103 Å². The fraction of sp³-hybridized carbons (Fsp3) is 0.568. The zero-order chi connectivity index (χ0) is 42.9. The van der Waals surface area contributed by atoms with Crippen LogP contribution in [0.5, 0.6) is 0 Å². The van der Waals surface area contributed by atoms with Crippen molar-refractivity contribution in [1.82, 2.24) is 43.7 Å². The molecule has 0 bridgehead atoms. The number of halogens is 2. The number of para-hydroxylation sites is 1. The number of aromatic nitrogens is 7. The molecule has 1 aromatic carbocycles. The molecule has 330 valence electrons. The third kappa shape index (κ3) is 8.68. The lowest BCUT2D eigenvalue weighted by Crippen LogP contribution is -2.44. The normalized spacial score (nSPS) is 22.0. The summed E-state index contributed by atoms with van der Waals surface area (Å²) in [6.45, 7) is 6.12. The van der Waals surface area contributed by atoms with E-state index in [1.54, 1.807) is 28.7 Å². The summed E-state index contributed by atoms with van der Waals surface area (Å²) in [5.41, 5.74) is 2.86. The molecule has 1 atom stereocenters. The number of fused-ring (bicyclic) bond motifs is 2. The number of morpholine rings is 1. The molecule has 4 aromatic heterocycles. The Morgan fingerprint density at radius 2 is 1.77 bits per heavy atom. The molecule has 62 heavy (non-hydrogen) atoms. The van der Waals surface area contributed by atoms with Gasteiger partial charge in [0.15, 0.2) is 11.4 Å². The Kier molecular flexibility index (Phi) is 12.3. The van der Waals surface area contributed by atoms with Gasteiger partial charge in [0.2, 0.25) is 11.8 Å². The van der Waals surface area contributed by atoms with Crippen LogP contribution in [0.15, 0.2) is 47.7 Å². The van der Waals surface area contributed by atoms with Crippen molar-refractivity contribution >= 4 is 40.1 Å². The van der Waals surface area contributed by atoms with E-state index in [1.807, 2.05) is 24.3 Å².